The molecule has 0 saturated carbocycles. The van der Waals surface area contributed by atoms with E-state index in [4.69, 9.17) is 0 Å². The second-order valence-electron chi connectivity index (χ2n) is 4.62. The zero-order valence-corrected chi connectivity index (χ0v) is 11.0. The average Bonchev–Trinajstić information content (AvgIpc) is 2.90. The third kappa shape index (κ3) is 2.50. The van der Waals surface area contributed by atoms with Gasteiger partial charge in [-0.1, -0.05) is 24.3 Å². The van der Waals surface area contributed by atoms with Crippen LogP contribution in [0, 0.1) is 11.6 Å². The van der Waals surface area contributed by atoms with Gasteiger partial charge in [-0.15, -0.1) is 0 Å². The van der Waals surface area contributed by atoms with Crippen LogP contribution in [0.2, 0.25) is 0 Å². The van der Waals surface area contributed by atoms with Gasteiger partial charge in [0.05, 0.1) is 6.54 Å². The summed E-state index contributed by atoms with van der Waals surface area (Å²) < 4.78 is 27.0. The maximum absolute atomic E-state index is 13.5. The van der Waals surface area contributed by atoms with Crippen molar-refractivity contribution in [3.63, 3.8) is 0 Å². The molecule has 0 radical (unpaired) electrons. The van der Waals surface area contributed by atoms with E-state index in [1.807, 2.05) is 24.3 Å². The van der Waals surface area contributed by atoms with Crippen LogP contribution in [-0.2, 0) is 0 Å². The molecule has 106 valence electrons. The first-order chi connectivity index (χ1) is 10.2. The van der Waals surface area contributed by atoms with Crippen molar-refractivity contribution < 1.29 is 13.6 Å². The van der Waals surface area contributed by atoms with Crippen molar-refractivity contribution in [3.05, 3.63) is 65.9 Å². The molecule has 0 unspecified atom stereocenters. The van der Waals surface area contributed by atoms with E-state index in [-0.39, 0.29) is 18.0 Å². The topological polar surface area (TPSA) is 44.9 Å². The first-order valence-corrected chi connectivity index (χ1v) is 6.44. The monoisotopic (exact) mass is 286 g/mol. The van der Waals surface area contributed by atoms with Gasteiger partial charge in [0, 0.05) is 22.7 Å². The molecular weight excluding hydrogens is 274 g/mol. The minimum absolute atomic E-state index is 0.181. The second kappa shape index (κ2) is 5.36. The summed E-state index contributed by atoms with van der Waals surface area (Å²) in [5.41, 5.74) is 1.05. The fourth-order valence-electron chi connectivity index (χ4n) is 2.23. The fourth-order valence-corrected chi connectivity index (χ4v) is 2.23. The molecular formula is C16H12F2N2O. The van der Waals surface area contributed by atoms with Crippen LogP contribution in [0.15, 0.2) is 48.7 Å². The number of aromatic amines is 1. The molecule has 0 fully saturated rings. The lowest BCUT2D eigenvalue weighted by molar-refractivity contribution is 0.101. The van der Waals surface area contributed by atoms with Gasteiger partial charge in [0.15, 0.2) is 5.78 Å². The molecule has 0 amide bonds. The zero-order chi connectivity index (χ0) is 14.8. The summed E-state index contributed by atoms with van der Waals surface area (Å²) in [6.07, 6.45) is 1.60. The van der Waals surface area contributed by atoms with Crippen LogP contribution in [-0.4, -0.2) is 17.3 Å². The maximum atomic E-state index is 13.5. The number of benzene rings is 2. The number of ketones is 1. The first-order valence-electron chi connectivity index (χ1n) is 6.44. The van der Waals surface area contributed by atoms with Gasteiger partial charge in [-0.05, 0) is 18.2 Å². The van der Waals surface area contributed by atoms with E-state index in [1.54, 1.807) is 6.20 Å². The van der Waals surface area contributed by atoms with Crippen molar-refractivity contribution in [2.45, 2.75) is 0 Å². The van der Waals surface area contributed by atoms with Crippen LogP contribution >= 0.6 is 0 Å². The fraction of sp³-hybridized carbons (Fsp3) is 0.0625. The number of rotatable bonds is 4. The van der Waals surface area contributed by atoms with E-state index in [1.165, 1.54) is 6.07 Å². The maximum Gasteiger partial charge on any atom is 0.184 e. The Hall–Kier alpha value is -2.69. The molecule has 0 saturated heterocycles. The van der Waals surface area contributed by atoms with E-state index in [9.17, 15) is 13.6 Å². The Labute approximate surface area is 119 Å². The molecule has 0 aliphatic rings. The predicted octanol–water partition coefficient (Wildman–Crippen LogP) is 3.74. The van der Waals surface area contributed by atoms with Crippen LogP contribution in [0.4, 0.5) is 14.5 Å². The van der Waals surface area contributed by atoms with Gasteiger partial charge in [-0.2, -0.15) is 0 Å². The molecule has 3 aromatic rings. The number of fused-ring (bicyclic) bond motifs is 1. The van der Waals surface area contributed by atoms with Crippen LogP contribution in [0.25, 0.3) is 10.9 Å². The molecule has 1 aromatic heterocycles. The van der Waals surface area contributed by atoms with Crippen molar-refractivity contribution in [2.75, 3.05) is 11.9 Å². The summed E-state index contributed by atoms with van der Waals surface area (Å²) in [4.78, 5) is 15.2. The lowest BCUT2D eigenvalue weighted by atomic mass is 10.1. The molecule has 0 spiro atoms. The Morgan fingerprint density at radius 1 is 1.05 bits per heavy atom. The van der Waals surface area contributed by atoms with E-state index < -0.39 is 11.6 Å². The Morgan fingerprint density at radius 3 is 2.52 bits per heavy atom. The summed E-state index contributed by atoms with van der Waals surface area (Å²) in [7, 11) is 0. The number of carbonyl (C=O) groups excluding carboxylic acids is 1. The number of hydrogen-bond acceptors (Lipinski definition) is 2. The zero-order valence-electron chi connectivity index (χ0n) is 11.0. The number of anilines is 1. The molecule has 2 aromatic carbocycles. The highest BCUT2D eigenvalue weighted by Gasteiger charge is 2.14. The van der Waals surface area contributed by atoms with Crippen molar-refractivity contribution >= 4 is 22.4 Å². The molecule has 0 aliphatic carbocycles. The molecule has 3 nitrogen and oxygen atoms in total. The minimum Gasteiger partial charge on any atom is -0.373 e. The van der Waals surface area contributed by atoms with Crippen LogP contribution < -0.4 is 5.32 Å². The highest BCUT2D eigenvalue weighted by Crippen LogP contribution is 2.20. The number of para-hydroxylation sites is 2. The number of hydrogen-bond donors (Lipinski definition) is 2. The van der Waals surface area contributed by atoms with Gasteiger partial charge < -0.3 is 10.3 Å². The van der Waals surface area contributed by atoms with Gasteiger partial charge in [0.1, 0.15) is 17.3 Å². The van der Waals surface area contributed by atoms with Crippen LogP contribution in [0.5, 0.6) is 0 Å². The first kappa shape index (κ1) is 13.3. The van der Waals surface area contributed by atoms with E-state index >= 15 is 0 Å². The molecule has 0 atom stereocenters. The van der Waals surface area contributed by atoms with Gasteiger partial charge in [-0.3, -0.25) is 4.79 Å². The van der Waals surface area contributed by atoms with Crippen molar-refractivity contribution in [3.8, 4) is 0 Å². The quantitative estimate of drug-likeness (QED) is 0.718. The number of aromatic nitrogens is 1. The Balaban J connectivity index is 1.81. The van der Waals surface area contributed by atoms with Gasteiger partial charge >= 0.3 is 0 Å². The summed E-state index contributed by atoms with van der Waals surface area (Å²) in [5.74, 6) is -1.68. The Kier molecular flexibility index (Phi) is 3.39. The predicted molar refractivity (Wildman–Crippen MR) is 77.5 cm³/mol. The van der Waals surface area contributed by atoms with E-state index in [0.717, 1.165) is 23.0 Å². The number of Topliss-reactive ketones (excluding diaryl/α,β-unsaturated/α-hetero) is 1. The van der Waals surface area contributed by atoms with Gasteiger partial charge in [0.2, 0.25) is 0 Å². The highest BCUT2D eigenvalue weighted by atomic mass is 19.1. The molecule has 1 heterocycles. The summed E-state index contributed by atoms with van der Waals surface area (Å²) >= 11 is 0. The molecule has 2 N–H and O–H groups in total. The van der Waals surface area contributed by atoms with E-state index in [0.29, 0.717) is 5.56 Å². The SMILES string of the molecule is O=C(CNc1c(F)cccc1F)c1c[nH]c2ccccc12. The molecule has 3 rings (SSSR count). The number of halogens is 2. The molecule has 0 bridgehead atoms. The van der Waals surface area contributed by atoms with Crippen molar-refractivity contribution in [1.82, 2.24) is 4.98 Å². The highest BCUT2D eigenvalue weighted by molar-refractivity contribution is 6.09. The second-order valence-corrected chi connectivity index (χ2v) is 4.62. The number of H-pyrrole nitrogens is 1. The lowest BCUT2D eigenvalue weighted by Crippen LogP contribution is -2.15. The standard InChI is InChI=1S/C16H12F2N2O/c17-12-5-3-6-13(18)16(12)20-9-15(21)11-8-19-14-7-2-1-4-10(11)14/h1-8,19-20H,9H2. The smallest absolute Gasteiger partial charge is 0.184 e. The number of carbonyl (C=O) groups is 1. The van der Waals surface area contributed by atoms with Crippen molar-refractivity contribution in [2.24, 2.45) is 0 Å². The Bertz CT molecular complexity index is 791. The van der Waals surface area contributed by atoms with Crippen LogP contribution in [0.3, 0.4) is 0 Å². The largest absolute Gasteiger partial charge is 0.373 e. The number of nitrogens with one attached hydrogen (secondary N) is 2. The van der Waals surface area contributed by atoms with Gasteiger partial charge in [0.25, 0.3) is 0 Å². The third-order valence-corrected chi connectivity index (χ3v) is 3.28. The van der Waals surface area contributed by atoms with Crippen LogP contribution in [0.1, 0.15) is 10.4 Å². The third-order valence-electron chi connectivity index (χ3n) is 3.28. The minimum atomic E-state index is -0.721. The summed E-state index contributed by atoms with van der Waals surface area (Å²) in [6.45, 7) is -0.181. The average molecular weight is 286 g/mol. The van der Waals surface area contributed by atoms with Crippen molar-refractivity contribution in [1.29, 1.82) is 0 Å². The molecule has 5 heteroatoms. The summed E-state index contributed by atoms with van der Waals surface area (Å²) in [6, 6.07) is 10.9. The lowest BCUT2D eigenvalue weighted by Gasteiger charge is -2.07. The van der Waals surface area contributed by atoms with Gasteiger partial charge in [-0.25, -0.2) is 8.78 Å². The molecule has 0 aliphatic heterocycles. The van der Waals surface area contributed by atoms with E-state index in [2.05, 4.69) is 10.3 Å². The molecule has 21 heavy (non-hydrogen) atoms. The normalized spacial score (nSPS) is 10.8. The Morgan fingerprint density at radius 2 is 1.76 bits per heavy atom. The summed E-state index contributed by atoms with van der Waals surface area (Å²) in [5, 5.41) is 3.31.